The molecular formula is C14H22N2O3. The van der Waals surface area contributed by atoms with Crippen LogP contribution in [0.2, 0.25) is 0 Å². The molecule has 0 aliphatic rings. The molecule has 1 rings (SSSR count). The molecule has 0 aliphatic heterocycles. The summed E-state index contributed by atoms with van der Waals surface area (Å²) >= 11 is 0. The summed E-state index contributed by atoms with van der Waals surface area (Å²) in [6.07, 6.45) is 5.56. The van der Waals surface area contributed by atoms with Gasteiger partial charge >= 0.3 is 5.97 Å². The van der Waals surface area contributed by atoms with Gasteiger partial charge in [-0.1, -0.05) is 12.8 Å². The van der Waals surface area contributed by atoms with Gasteiger partial charge in [-0.3, -0.25) is 9.59 Å². The molecule has 19 heavy (non-hydrogen) atoms. The summed E-state index contributed by atoms with van der Waals surface area (Å²) < 4.78 is 1.90. The highest BCUT2D eigenvalue weighted by atomic mass is 16.4. The number of aromatic nitrogens is 1. The third-order valence-corrected chi connectivity index (χ3v) is 3.01. The molecule has 5 heteroatoms. The van der Waals surface area contributed by atoms with Crippen molar-refractivity contribution in [2.75, 3.05) is 6.54 Å². The van der Waals surface area contributed by atoms with Gasteiger partial charge in [-0.15, -0.1) is 0 Å². The maximum atomic E-state index is 11.9. The molecule has 0 bridgehead atoms. The van der Waals surface area contributed by atoms with Crippen molar-refractivity contribution in [1.82, 2.24) is 9.88 Å². The highest BCUT2D eigenvalue weighted by Crippen LogP contribution is 2.04. The van der Waals surface area contributed by atoms with Crippen molar-refractivity contribution in [2.45, 2.75) is 45.6 Å². The summed E-state index contributed by atoms with van der Waals surface area (Å²) in [5, 5.41) is 11.4. The molecule has 0 saturated carbocycles. The Hall–Kier alpha value is -1.78. The number of carboxylic acid groups (broad SMARTS) is 1. The molecule has 106 valence electrons. The molecule has 0 aliphatic carbocycles. The van der Waals surface area contributed by atoms with Crippen molar-refractivity contribution in [3.05, 3.63) is 24.0 Å². The number of rotatable bonds is 9. The van der Waals surface area contributed by atoms with Crippen LogP contribution in [0.1, 0.15) is 49.5 Å². The van der Waals surface area contributed by atoms with E-state index in [0.29, 0.717) is 18.7 Å². The second-order valence-electron chi connectivity index (χ2n) is 4.49. The zero-order valence-corrected chi connectivity index (χ0v) is 11.4. The lowest BCUT2D eigenvalue weighted by molar-refractivity contribution is -0.137. The first-order valence-corrected chi connectivity index (χ1v) is 6.80. The number of carboxylic acids is 1. The number of aliphatic carboxylic acids is 1. The molecule has 2 N–H and O–H groups in total. The summed E-state index contributed by atoms with van der Waals surface area (Å²) in [6, 6.07) is 3.68. The van der Waals surface area contributed by atoms with E-state index in [1.54, 1.807) is 0 Å². The third kappa shape index (κ3) is 5.59. The first-order valence-electron chi connectivity index (χ1n) is 6.80. The third-order valence-electron chi connectivity index (χ3n) is 3.01. The minimum Gasteiger partial charge on any atom is -0.481 e. The Morgan fingerprint density at radius 2 is 2.00 bits per heavy atom. The van der Waals surface area contributed by atoms with E-state index in [9.17, 15) is 9.59 Å². The number of carbonyl (C=O) groups is 2. The van der Waals surface area contributed by atoms with Gasteiger partial charge in [-0.25, -0.2) is 0 Å². The van der Waals surface area contributed by atoms with E-state index in [1.807, 2.05) is 29.8 Å². The van der Waals surface area contributed by atoms with Crippen molar-refractivity contribution in [1.29, 1.82) is 0 Å². The number of nitrogens with zero attached hydrogens (tertiary/aromatic N) is 1. The average molecular weight is 266 g/mol. The highest BCUT2D eigenvalue weighted by molar-refractivity contribution is 5.92. The summed E-state index contributed by atoms with van der Waals surface area (Å²) in [4.78, 5) is 22.2. The largest absolute Gasteiger partial charge is 0.481 e. The Kier molecular flexibility index (Phi) is 6.71. The van der Waals surface area contributed by atoms with Crippen LogP contribution in [0.4, 0.5) is 0 Å². The molecule has 0 spiro atoms. The molecule has 0 fully saturated rings. The van der Waals surface area contributed by atoms with Crippen molar-refractivity contribution in [3.8, 4) is 0 Å². The fraction of sp³-hybridized carbons (Fsp3) is 0.571. The maximum absolute atomic E-state index is 11.9. The minimum atomic E-state index is -0.742. The lowest BCUT2D eigenvalue weighted by Crippen LogP contribution is -2.26. The molecule has 0 radical (unpaired) electrons. The maximum Gasteiger partial charge on any atom is 0.303 e. The lowest BCUT2D eigenvalue weighted by atomic mass is 10.1. The standard InChI is InChI=1S/C14H22N2O3/c1-2-16-11-7-8-12(16)14(19)15-10-6-4-3-5-9-13(17)18/h7-8,11H,2-6,9-10H2,1H3,(H,15,19)(H,17,18). The number of amides is 1. The van der Waals surface area contributed by atoms with Crippen LogP contribution in [-0.4, -0.2) is 28.1 Å². The monoisotopic (exact) mass is 266 g/mol. The van der Waals surface area contributed by atoms with Gasteiger partial charge in [0, 0.05) is 25.7 Å². The van der Waals surface area contributed by atoms with E-state index in [2.05, 4.69) is 5.32 Å². The number of unbranched alkanes of at least 4 members (excludes halogenated alkanes) is 3. The predicted molar refractivity (Wildman–Crippen MR) is 73.2 cm³/mol. The van der Waals surface area contributed by atoms with Crippen molar-refractivity contribution >= 4 is 11.9 Å². The van der Waals surface area contributed by atoms with Gasteiger partial charge in [0.2, 0.25) is 0 Å². The summed E-state index contributed by atoms with van der Waals surface area (Å²) in [6.45, 7) is 3.42. The van der Waals surface area contributed by atoms with Crippen LogP contribution in [0.15, 0.2) is 18.3 Å². The van der Waals surface area contributed by atoms with E-state index in [4.69, 9.17) is 5.11 Å². The van der Waals surface area contributed by atoms with Gasteiger partial charge < -0.3 is 15.0 Å². The van der Waals surface area contributed by atoms with Crippen LogP contribution >= 0.6 is 0 Å². The Morgan fingerprint density at radius 1 is 1.26 bits per heavy atom. The van der Waals surface area contributed by atoms with Crippen LogP contribution < -0.4 is 5.32 Å². The smallest absolute Gasteiger partial charge is 0.303 e. The van der Waals surface area contributed by atoms with E-state index < -0.39 is 5.97 Å². The SMILES string of the molecule is CCn1cccc1C(=O)NCCCCCCC(=O)O. The highest BCUT2D eigenvalue weighted by Gasteiger charge is 2.08. The van der Waals surface area contributed by atoms with Crippen LogP contribution in [0.5, 0.6) is 0 Å². The van der Waals surface area contributed by atoms with Gasteiger partial charge in [0.15, 0.2) is 0 Å². The molecule has 1 amide bonds. The molecule has 1 aromatic rings. The fourth-order valence-electron chi connectivity index (χ4n) is 1.94. The van der Waals surface area contributed by atoms with Crippen LogP contribution in [0.25, 0.3) is 0 Å². The first-order chi connectivity index (χ1) is 9.15. The van der Waals surface area contributed by atoms with E-state index in [-0.39, 0.29) is 12.3 Å². The molecule has 5 nitrogen and oxygen atoms in total. The predicted octanol–water partition coefficient (Wildman–Crippen LogP) is 2.27. The Bertz CT molecular complexity index is 413. The molecule has 0 saturated heterocycles. The zero-order valence-electron chi connectivity index (χ0n) is 11.4. The molecule has 0 unspecified atom stereocenters. The summed E-state index contributed by atoms with van der Waals surface area (Å²) in [7, 11) is 0. The molecule has 0 aromatic carbocycles. The van der Waals surface area contributed by atoms with Crippen LogP contribution in [0.3, 0.4) is 0 Å². The number of carbonyl (C=O) groups excluding carboxylic acids is 1. The van der Waals surface area contributed by atoms with E-state index in [1.165, 1.54) is 0 Å². The fourth-order valence-corrected chi connectivity index (χ4v) is 1.94. The molecular weight excluding hydrogens is 244 g/mol. The Balaban J connectivity index is 2.13. The van der Waals surface area contributed by atoms with Gasteiger partial charge in [0.05, 0.1) is 0 Å². The van der Waals surface area contributed by atoms with Crippen molar-refractivity contribution in [2.24, 2.45) is 0 Å². The van der Waals surface area contributed by atoms with Gasteiger partial charge in [0.1, 0.15) is 5.69 Å². The van der Waals surface area contributed by atoms with Crippen LogP contribution in [0, 0.1) is 0 Å². The topological polar surface area (TPSA) is 71.3 Å². The normalized spacial score (nSPS) is 10.4. The second kappa shape index (κ2) is 8.34. The van der Waals surface area contributed by atoms with Gasteiger partial charge in [-0.05, 0) is 31.9 Å². The lowest BCUT2D eigenvalue weighted by Gasteiger charge is -2.07. The minimum absolute atomic E-state index is 0.0441. The first kappa shape index (κ1) is 15.3. The average Bonchev–Trinajstić information content (AvgIpc) is 2.85. The van der Waals surface area contributed by atoms with Crippen LogP contribution in [-0.2, 0) is 11.3 Å². The Morgan fingerprint density at radius 3 is 2.68 bits per heavy atom. The van der Waals surface area contributed by atoms with Crippen molar-refractivity contribution < 1.29 is 14.7 Å². The van der Waals surface area contributed by atoms with E-state index in [0.717, 1.165) is 25.8 Å². The van der Waals surface area contributed by atoms with Crippen molar-refractivity contribution in [3.63, 3.8) is 0 Å². The number of hydrogen-bond acceptors (Lipinski definition) is 2. The Labute approximate surface area is 113 Å². The van der Waals surface area contributed by atoms with E-state index >= 15 is 0 Å². The number of aryl methyl sites for hydroxylation is 1. The molecule has 1 heterocycles. The van der Waals surface area contributed by atoms with Gasteiger partial charge in [0.25, 0.3) is 5.91 Å². The number of hydrogen-bond donors (Lipinski definition) is 2. The second-order valence-corrected chi connectivity index (χ2v) is 4.49. The quantitative estimate of drug-likeness (QED) is 0.673. The molecule has 0 atom stereocenters. The summed E-state index contributed by atoms with van der Waals surface area (Å²) in [5.41, 5.74) is 0.688. The van der Waals surface area contributed by atoms with Gasteiger partial charge in [-0.2, -0.15) is 0 Å². The summed E-state index contributed by atoms with van der Waals surface area (Å²) in [5.74, 6) is -0.786. The molecule has 1 aromatic heterocycles. The zero-order chi connectivity index (χ0) is 14.1. The number of nitrogens with one attached hydrogen (secondary N) is 1.